The van der Waals surface area contributed by atoms with Crippen molar-refractivity contribution in [1.82, 2.24) is 5.32 Å². The van der Waals surface area contributed by atoms with E-state index >= 15 is 0 Å². The lowest BCUT2D eigenvalue weighted by Gasteiger charge is -2.30. The van der Waals surface area contributed by atoms with Gasteiger partial charge in [0.05, 0.1) is 19.1 Å². The van der Waals surface area contributed by atoms with Gasteiger partial charge in [-0.25, -0.2) is 8.42 Å². The van der Waals surface area contributed by atoms with Gasteiger partial charge in [-0.1, -0.05) is 45.0 Å². The number of carbonyl (C=O) groups is 1. The molecular weight excluding hydrogens is 412 g/mol. The molecule has 0 fully saturated rings. The smallest absolute Gasteiger partial charge is 0.243 e. The lowest BCUT2D eigenvalue weighted by Crippen LogP contribution is -2.49. The second-order valence-corrected chi connectivity index (χ2v) is 9.83. The van der Waals surface area contributed by atoms with Gasteiger partial charge >= 0.3 is 0 Å². The number of hydrogen-bond acceptors (Lipinski definition) is 4. The predicted octanol–water partition coefficient (Wildman–Crippen LogP) is 4.11. The highest BCUT2D eigenvalue weighted by molar-refractivity contribution is 7.92. The van der Waals surface area contributed by atoms with Crippen LogP contribution in [0.3, 0.4) is 0 Å². The van der Waals surface area contributed by atoms with Crippen molar-refractivity contribution in [3.8, 4) is 5.75 Å². The second kappa shape index (κ2) is 11.2. The molecule has 0 saturated carbocycles. The van der Waals surface area contributed by atoms with E-state index in [4.69, 9.17) is 4.74 Å². The number of methoxy groups -OCH3 is 1. The number of amides is 1. The molecule has 2 aromatic carbocycles. The summed E-state index contributed by atoms with van der Waals surface area (Å²) in [6.07, 6.45) is 3.11. The number of nitrogens with zero attached hydrogens (tertiary/aromatic N) is 1. The summed E-state index contributed by atoms with van der Waals surface area (Å²) in [5, 5.41) is 2.91. The first-order valence-electron chi connectivity index (χ1n) is 10.7. The van der Waals surface area contributed by atoms with Crippen molar-refractivity contribution in [2.75, 3.05) is 24.2 Å². The third kappa shape index (κ3) is 6.99. The number of benzene rings is 2. The molecule has 0 heterocycles. The molecule has 0 radical (unpaired) electrons. The Labute approximate surface area is 186 Å². The number of ether oxygens (including phenoxy) is 1. The summed E-state index contributed by atoms with van der Waals surface area (Å²) in [6, 6.07) is 14.4. The maximum Gasteiger partial charge on any atom is 0.243 e. The zero-order valence-corrected chi connectivity index (χ0v) is 19.9. The fraction of sp³-hybridized carbons (Fsp3) is 0.458. The van der Waals surface area contributed by atoms with Gasteiger partial charge in [0.1, 0.15) is 11.8 Å². The van der Waals surface area contributed by atoms with Crippen LogP contribution in [0.1, 0.15) is 50.7 Å². The maximum absolute atomic E-state index is 12.8. The van der Waals surface area contributed by atoms with Gasteiger partial charge in [0.2, 0.25) is 15.9 Å². The molecule has 0 unspecified atom stereocenters. The van der Waals surface area contributed by atoms with E-state index in [0.717, 1.165) is 19.1 Å². The van der Waals surface area contributed by atoms with E-state index in [1.165, 1.54) is 15.4 Å². The molecule has 0 aliphatic heterocycles. The molecule has 0 spiro atoms. The van der Waals surface area contributed by atoms with E-state index in [2.05, 4.69) is 43.4 Å². The summed E-state index contributed by atoms with van der Waals surface area (Å²) in [4.78, 5) is 12.8. The Hall–Kier alpha value is -2.54. The van der Waals surface area contributed by atoms with E-state index < -0.39 is 16.1 Å². The molecule has 0 saturated heterocycles. The molecular formula is C24H34N2O4S. The largest absolute Gasteiger partial charge is 0.497 e. The Kier molecular flexibility index (Phi) is 8.92. The molecule has 2 rings (SSSR count). The van der Waals surface area contributed by atoms with Crippen molar-refractivity contribution in [2.24, 2.45) is 0 Å². The molecule has 2 aromatic rings. The van der Waals surface area contributed by atoms with Crippen molar-refractivity contribution in [3.63, 3.8) is 0 Å². The summed E-state index contributed by atoms with van der Waals surface area (Å²) in [5.74, 6) is 0.831. The monoisotopic (exact) mass is 446 g/mol. The van der Waals surface area contributed by atoms with E-state index in [1.54, 1.807) is 31.4 Å². The van der Waals surface area contributed by atoms with Crippen LogP contribution in [0.4, 0.5) is 5.69 Å². The van der Waals surface area contributed by atoms with Crippen LogP contribution in [0.15, 0.2) is 48.5 Å². The van der Waals surface area contributed by atoms with Gasteiger partial charge < -0.3 is 10.1 Å². The molecule has 1 amide bonds. The molecule has 6 nitrogen and oxygen atoms in total. The molecule has 1 atom stereocenters. The highest BCUT2D eigenvalue weighted by Gasteiger charge is 2.31. The van der Waals surface area contributed by atoms with Gasteiger partial charge in [0.15, 0.2) is 0 Å². The first-order chi connectivity index (χ1) is 14.7. The van der Waals surface area contributed by atoms with Gasteiger partial charge in [-0.3, -0.25) is 9.10 Å². The lowest BCUT2D eigenvalue weighted by molar-refractivity contribution is -0.122. The highest BCUT2D eigenvalue weighted by atomic mass is 32.2. The number of rotatable bonds is 11. The first kappa shape index (κ1) is 24.7. The Morgan fingerprint density at radius 3 is 2.16 bits per heavy atom. The number of carbonyl (C=O) groups excluding carboxylic acids is 1. The summed E-state index contributed by atoms with van der Waals surface area (Å²) in [6.45, 7) is 6.63. The minimum atomic E-state index is -3.65. The normalized spacial score (nSPS) is 12.5. The third-order valence-electron chi connectivity index (χ3n) is 5.24. The predicted molar refractivity (Wildman–Crippen MR) is 126 cm³/mol. The van der Waals surface area contributed by atoms with Crippen molar-refractivity contribution in [3.05, 3.63) is 59.7 Å². The number of aryl methyl sites for hydroxylation is 1. The molecule has 0 aromatic heterocycles. The van der Waals surface area contributed by atoms with Gasteiger partial charge in [-0.2, -0.15) is 0 Å². The third-order valence-corrected chi connectivity index (χ3v) is 6.42. The Bertz CT molecular complexity index is 939. The average Bonchev–Trinajstić information content (AvgIpc) is 2.74. The minimum Gasteiger partial charge on any atom is -0.497 e. The maximum atomic E-state index is 12.8. The minimum absolute atomic E-state index is 0.293. The van der Waals surface area contributed by atoms with Gasteiger partial charge in [0.25, 0.3) is 0 Å². The van der Waals surface area contributed by atoms with Crippen LogP contribution >= 0.6 is 0 Å². The number of nitrogens with one attached hydrogen (secondary N) is 1. The first-order valence-corrected chi connectivity index (χ1v) is 12.5. The van der Waals surface area contributed by atoms with Crippen LogP contribution in [0.5, 0.6) is 5.75 Å². The van der Waals surface area contributed by atoms with Gasteiger partial charge in [0, 0.05) is 6.54 Å². The molecule has 0 aliphatic rings. The zero-order chi connectivity index (χ0) is 23.0. The summed E-state index contributed by atoms with van der Waals surface area (Å²) in [5.41, 5.74) is 2.97. The van der Waals surface area contributed by atoms with Gasteiger partial charge in [-0.15, -0.1) is 0 Å². The Morgan fingerprint density at radius 2 is 1.68 bits per heavy atom. The Balaban J connectivity index is 2.00. The number of sulfonamides is 1. The van der Waals surface area contributed by atoms with Crippen molar-refractivity contribution >= 4 is 21.6 Å². The van der Waals surface area contributed by atoms with Crippen molar-refractivity contribution < 1.29 is 17.9 Å². The highest BCUT2D eigenvalue weighted by Crippen LogP contribution is 2.25. The molecule has 1 N–H and O–H groups in total. The van der Waals surface area contributed by atoms with Crippen molar-refractivity contribution in [2.45, 2.75) is 52.0 Å². The fourth-order valence-electron chi connectivity index (χ4n) is 3.48. The summed E-state index contributed by atoms with van der Waals surface area (Å²) in [7, 11) is -2.10. The summed E-state index contributed by atoms with van der Waals surface area (Å²) >= 11 is 0. The fourth-order valence-corrected chi connectivity index (χ4v) is 4.69. The average molecular weight is 447 g/mol. The topological polar surface area (TPSA) is 75.7 Å². The van der Waals surface area contributed by atoms with Crippen LogP contribution in [0.2, 0.25) is 0 Å². The van der Waals surface area contributed by atoms with Crippen LogP contribution in [0.25, 0.3) is 0 Å². The van der Waals surface area contributed by atoms with Crippen molar-refractivity contribution in [1.29, 1.82) is 0 Å². The molecule has 7 heteroatoms. The standard InChI is InChI=1S/C24H34N2O4S/c1-6-23(26(31(5,28)29)21-13-15-22(30-4)16-14-21)24(27)25-17-7-8-19-9-11-20(12-10-19)18(2)3/h9-16,18,23H,6-8,17H2,1-5H3,(H,25,27)/t23-/m1/s1. The van der Waals surface area contributed by atoms with Crippen LogP contribution < -0.4 is 14.4 Å². The van der Waals surface area contributed by atoms with E-state index in [-0.39, 0.29) is 5.91 Å². The second-order valence-electron chi connectivity index (χ2n) is 7.97. The van der Waals surface area contributed by atoms with E-state index in [1.807, 2.05) is 6.92 Å². The SMILES string of the molecule is CC[C@H](C(=O)NCCCc1ccc(C(C)C)cc1)N(c1ccc(OC)cc1)S(C)(=O)=O. The lowest BCUT2D eigenvalue weighted by atomic mass is 10.0. The van der Waals surface area contributed by atoms with E-state index in [9.17, 15) is 13.2 Å². The molecule has 170 valence electrons. The number of hydrogen-bond donors (Lipinski definition) is 1. The van der Waals surface area contributed by atoms with Gasteiger partial charge in [-0.05, 0) is 60.6 Å². The van der Waals surface area contributed by atoms with Crippen LogP contribution in [-0.2, 0) is 21.2 Å². The van der Waals surface area contributed by atoms with Crippen LogP contribution in [-0.4, -0.2) is 40.3 Å². The summed E-state index contributed by atoms with van der Waals surface area (Å²) < 4.78 is 31.3. The van der Waals surface area contributed by atoms with Crippen LogP contribution in [0, 0.1) is 0 Å². The van der Waals surface area contributed by atoms with E-state index in [0.29, 0.717) is 30.3 Å². The Morgan fingerprint density at radius 1 is 1.06 bits per heavy atom. The molecule has 31 heavy (non-hydrogen) atoms. The molecule has 0 bridgehead atoms. The quantitative estimate of drug-likeness (QED) is 0.527. The zero-order valence-electron chi connectivity index (χ0n) is 19.1. The molecule has 0 aliphatic carbocycles. The number of anilines is 1.